The molecule has 1 N–H and O–H groups in total. The van der Waals surface area contributed by atoms with Crippen LogP contribution in [-0.2, 0) is 18.6 Å². The van der Waals surface area contributed by atoms with Crippen LogP contribution in [0.3, 0.4) is 0 Å². The first-order valence-corrected chi connectivity index (χ1v) is 6.99. The maximum Gasteiger partial charge on any atom is 0.0965 e. The molecule has 6 heteroatoms. The summed E-state index contributed by atoms with van der Waals surface area (Å²) in [5.41, 5.74) is 2.12. The van der Waals surface area contributed by atoms with Gasteiger partial charge in [-0.2, -0.15) is 5.10 Å². The molecule has 0 aliphatic heterocycles. The molecule has 0 fully saturated rings. The van der Waals surface area contributed by atoms with Gasteiger partial charge in [-0.05, 0) is 40.2 Å². The number of nitrogens with zero attached hydrogens (tertiary/aromatic N) is 5. The normalized spacial score (nSPS) is 13.7. The van der Waals surface area contributed by atoms with Crippen LogP contribution in [0.15, 0.2) is 18.6 Å². The minimum absolute atomic E-state index is 0.0244. The Morgan fingerprint density at radius 3 is 2.60 bits per heavy atom. The zero-order chi connectivity index (χ0) is 14.8. The lowest BCUT2D eigenvalue weighted by atomic mass is 10.1. The van der Waals surface area contributed by atoms with Crippen molar-refractivity contribution in [1.82, 2.24) is 30.1 Å². The molecule has 0 bridgehead atoms. The summed E-state index contributed by atoms with van der Waals surface area (Å²) >= 11 is 0. The van der Waals surface area contributed by atoms with Gasteiger partial charge >= 0.3 is 0 Å². The van der Waals surface area contributed by atoms with Crippen molar-refractivity contribution in [3.05, 3.63) is 29.8 Å². The van der Waals surface area contributed by atoms with E-state index in [1.165, 1.54) is 5.56 Å². The summed E-state index contributed by atoms with van der Waals surface area (Å²) in [4.78, 5) is 0. The molecule has 20 heavy (non-hydrogen) atoms. The van der Waals surface area contributed by atoms with E-state index in [-0.39, 0.29) is 5.54 Å². The van der Waals surface area contributed by atoms with E-state index < -0.39 is 0 Å². The quantitative estimate of drug-likeness (QED) is 0.903. The highest BCUT2D eigenvalue weighted by Gasteiger charge is 2.15. The summed E-state index contributed by atoms with van der Waals surface area (Å²) in [5.74, 6) is 0. The van der Waals surface area contributed by atoms with Gasteiger partial charge in [-0.3, -0.25) is 4.68 Å². The number of aromatic nitrogens is 5. The van der Waals surface area contributed by atoms with Crippen LogP contribution in [0.4, 0.5) is 0 Å². The van der Waals surface area contributed by atoms with Crippen LogP contribution in [0, 0.1) is 6.92 Å². The molecule has 2 rings (SSSR count). The highest BCUT2D eigenvalue weighted by Crippen LogP contribution is 2.11. The van der Waals surface area contributed by atoms with E-state index in [0.717, 1.165) is 18.8 Å². The van der Waals surface area contributed by atoms with E-state index in [1.807, 2.05) is 34.9 Å². The Morgan fingerprint density at radius 1 is 1.30 bits per heavy atom. The second-order valence-corrected chi connectivity index (χ2v) is 6.35. The molecule has 2 aromatic heterocycles. The first-order chi connectivity index (χ1) is 9.34. The Kier molecular flexibility index (Phi) is 4.23. The van der Waals surface area contributed by atoms with E-state index in [0.29, 0.717) is 6.04 Å². The molecular formula is C14H24N6. The predicted molar refractivity (Wildman–Crippen MR) is 78.3 cm³/mol. The average Bonchev–Trinajstić information content (AvgIpc) is 2.95. The Labute approximate surface area is 120 Å². The maximum absolute atomic E-state index is 4.29. The monoisotopic (exact) mass is 276 g/mol. The molecule has 1 atom stereocenters. The Hall–Kier alpha value is -1.69. The van der Waals surface area contributed by atoms with Crippen LogP contribution in [0.25, 0.3) is 0 Å². The van der Waals surface area contributed by atoms with Crippen molar-refractivity contribution in [2.24, 2.45) is 0 Å². The number of nitrogens with one attached hydrogen (secondary N) is 1. The Bertz CT molecular complexity index is 548. The Morgan fingerprint density at radius 2 is 2.05 bits per heavy atom. The molecule has 0 amide bonds. The van der Waals surface area contributed by atoms with Gasteiger partial charge in [0.2, 0.25) is 0 Å². The van der Waals surface area contributed by atoms with Crippen molar-refractivity contribution in [2.75, 3.05) is 0 Å². The number of rotatable bonds is 5. The van der Waals surface area contributed by atoms with Crippen molar-refractivity contribution in [2.45, 2.75) is 59.3 Å². The summed E-state index contributed by atoms with van der Waals surface area (Å²) in [6.45, 7) is 12.1. The lowest BCUT2D eigenvalue weighted by Gasteiger charge is -2.17. The fourth-order valence-corrected chi connectivity index (χ4v) is 1.90. The molecule has 0 aliphatic carbocycles. The lowest BCUT2D eigenvalue weighted by molar-refractivity contribution is 0.346. The third kappa shape index (κ3) is 3.90. The van der Waals surface area contributed by atoms with Crippen LogP contribution in [0.2, 0.25) is 0 Å². The minimum Gasteiger partial charge on any atom is -0.307 e. The molecule has 0 saturated heterocycles. The van der Waals surface area contributed by atoms with Gasteiger partial charge in [0.15, 0.2) is 0 Å². The molecule has 0 spiro atoms. The third-order valence-electron chi connectivity index (χ3n) is 3.08. The van der Waals surface area contributed by atoms with Gasteiger partial charge in [0.05, 0.1) is 30.2 Å². The van der Waals surface area contributed by atoms with Crippen LogP contribution in [0.1, 0.15) is 39.0 Å². The molecule has 110 valence electrons. The van der Waals surface area contributed by atoms with Crippen LogP contribution in [-0.4, -0.2) is 30.8 Å². The van der Waals surface area contributed by atoms with Crippen molar-refractivity contribution >= 4 is 0 Å². The lowest BCUT2D eigenvalue weighted by Crippen LogP contribution is -2.30. The van der Waals surface area contributed by atoms with Crippen molar-refractivity contribution in [3.8, 4) is 0 Å². The first kappa shape index (κ1) is 14.7. The molecule has 0 saturated carbocycles. The molecular weight excluding hydrogens is 252 g/mol. The van der Waals surface area contributed by atoms with Crippen LogP contribution in [0.5, 0.6) is 0 Å². The SMILES string of the molecule is Cc1cnn(CC(C)NCc2cn(C(C)(C)C)nn2)c1. The Balaban J connectivity index is 1.84. The van der Waals surface area contributed by atoms with E-state index in [4.69, 9.17) is 0 Å². The fraction of sp³-hybridized carbons (Fsp3) is 0.643. The zero-order valence-electron chi connectivity index (χ0n) is 13.0. The second kappa shape index (κ2) is 5.75. The molecule has 2 aromatic rings. The van der Waals surface area contributed by atoms with Gasteiger partial charge in [0, 0.05) is 18.8 Å². The van der Waals surface area contributed by atoms with Crippen molar-refractivity contribution < 1.29 is 0 Å². The molecule has 0 radical (unpaired) electrons. The maximum atomic E-state index is 4.29. The van der Waals surface area contributed by atoms with Gasteiger partial charge in [0.1, 0.15) is 0 Å². The van der Waals surface area contributed by atoms with Gasteiger partial charge in [-0.1, -0.05) is 5.21 Å². The predicted octanol–water partition coefficient (Wildman–Crippen LogP) is 1.72. The summed E-state index contributed by atoms with van der Waals surface area (Å²) in [5, 5.41) is 16.1. The summed E-state index contributed by atoms with van der Waals surface area (Å²) in [7, 11) is 0. The van der Waals surface area contributed by atoms with E-state index in [9.17, 15) is 0 Å². The van der Waals surface area contributed by atoms with Gasteiger partial charge < -0.3 is 5.32 Å². The highest BCUT2D eigenvalue weighted by atomic mass is 15.4. The summed E-state index contributed by atoms with van der Waals surface area (Å²) < 4.78 is 3.85. The largest absolute Gasteiger partial charge is 0.307 e. The molecule has 0 aliphatic rings. The molecule has 1 unspecified atom stereocenters. The van der Waals surface area contributed by atoms with Gasteiger partial charge in [-0.25, -0.2) is 4.68 Å². The molecule has 0 aromatic carbocycles. The van der Waals surface area contributed by atoms with Gasteiger partial charge in [0.25, 0.3) is 0 Å². The van der Waals surface area contributed by atoms with Crippen molar-refractivity contribution in [3.63, 3.8) is 0 Å². The zero-order valence-corrected chi connectivity index (χ0v) is 13.0. The summed E-state index contributed by atoms with van der Waals surface area (Å²) in [6.07, 6.45) is 5.92. The van der Waals surface area contributed by atoms with E-state index >= 15 is 0 Å². The standard InChI is InChI=1S/C14H24N6/c1-11-6-16-19(8-11)9-12(2)15-7-13-10-20(18-17-13)14(3,4)5/h6,8,10,12,15H,7,9H2,1-5H3. The van der Waals surface area contributed by atoms with Gasteiger partial charge in [-0.15, -0.1) is 5.10 Å². The first-order valence-electron chi connectivity index (χ1n) is 6.99. The van der Waals surface area contributed by atoms with E-state index in [2.05, 4.69) is 48.4 Å². The van der Waals surface area contributed by atoms with Crippen LogP contribution >= 0.6 is 0 Å². The highest BCUT2D eigenvalue weighted by molar-refractivity contribution is 4.99. The molecule has 2 heterocycles. The van der Waals surface area contributed by atoms with Crippen molar-refractivity contribution in [1.29, 1.82) is 0 Å². The molecule has 6 nitrogen and oxygen atoms in total. The minimum atomic E-state index is -0.0244. The number of hydrogen-bond donors (Lipinski definition) is 1. The second-order valence-electron chi connectivity index (χ2n) is 6.35. The van der Waals surface area contributed by atoms with Crippen LogP contribution < -0.4 is 5.32 Å². The number of hydrogen-bond acceptors (Lipinski definition) is 4. The smallest absolute Gasteiger partial charge is 0.0965 e. The third-order valence-corrected chi connectivity index (χ3v) is 3.08. The average molecular weight is 276 g/mol. The number of aryl methyl sites for hydroxylation is 1. The van der Waals surface area contributed by atoms with E-state index in [1.54, 1.807) is 0 Å². The summed E-state index contributed by atoms with van der Waals surface area (Å²) in [6, 6.07) is 0.328. The fourth-order valence-electron chi connectivity index (χ4n) is 1.90. The topological polar surface area (TPSA) is 60.6 Å².